The molecule has 0 aromatic carbocycles. The van der Waals surface area contributed by atoms with Crippen LogP contribution in [0.2, 0.25) is 0 Å². The molecule has 140 valence electrons. The number of Topliss-reactive ketones (excluding diaryl/α,β-unsaturated/α-hetero) is 1. The zero-order valence-corrected chi connectivity index (χ0v) is 15.3. The van der Waals surface area contributed by atoms with Crippen LogP contribution in [0.1, 0.15) is 39.0 Å². The number of ketones is 1. The molecule has 7 nitrogen and oxygen atoms in total. The number of hydrogen-bond donors (Lipinski definition) is 1. The zero-order valence-electron chi connectivity index (χ0n) is 14.4. The minimum atomic E-state index is -3.60. The first-order valence-corrected chi connectivity index (χ1v) is 10.4. The van der Waals surface area contributed by atoms with Gasteiger partial charge in [0.2, 0.25) is 0 Å². The van der Waals surface area contributed by atoms with E-state index in [2.05, 4.69) is 0 Å². The topological polar surface area (TPSA) is 107 Å². The smallest absolute Gasteiger partial charge is 0.319 e. The molecule has 8 heteroatoms. The molecule has 0 aromatic heterocycles. The summed E-state index contributed by atoms with van der Waals surface area (Å²) >= 11 is 0. The number of fused-ring (bicyclic) bond motifs is 1. The molecule has 2 fully saturated rings. The van der Waals surface area contributed by atoms with E-state index in [4.69, 9.17) is 8.92 Å². The van der Waals surface area contributed by atoms with Crippen LogP contribution >= 0.6 is 0 Å². The highest BCUT2D eigenvalue weighted by Gasteiger charge is 2.78. The molecule has 1 heterocycles. The van der Waals surface area contributed by atoms with Gasteiger partial charge in [0.25, 0.3) is 10.1 Å². The van der Waals surface area contributed by atoms with Gasteiger partial charge in [0, 0.05) is 12.3 Å². The Morgan fingerprint density at radius 3 is 2.72 bits per heavy atom. The van der Waals surface area contributed by atoms with Crippen LogP contribution in [0, 0.1) is 17.3 Å². The molecule has 0 radical (unpaired) electrons. The number of hydrogen-bond acceptors (Lipinski definition) is 7. The van der Waals surface area contributed by atoms with Crippen LogP contribution in [0.25, 0.3) is 0 Å². The fourth-order valence-electron chi connectivity index (χ4n) is 4.61. The molecule has 25 heavy (non-hydrogen) atoms. The van der Waals surface area contributed by atoms with Crippen molar-refractivity contribution in [3.05, 3.63) is 12.2 Å². The van der Waals surface area contributed by atoms with Gasteiger partial charge < -0.3 is 9.84 Å². The summed E-state index contributed by atoms with van der Waals surface area (Å²) in [5.41, 5.74) is -2.36. The Hall–Kier alpha value is -1.25. The van der Waals surface area contributed by atoms with Crippen molar-refractivity contribution in [2.24, 2.45) is 17.3 Å². The maximum Gasteiger partial charge on any atom is 0.319 e. The van der Waals surface area contributed by atoms with Gasteiger partial charge in [-0.1, -0.05) is 12.2 Å². The van der Waals surface area contributed by atoms with Crippen LogP contribution in [-0.4, -0.2) is 49.8 Å². The average molecular weight is 372 g/mol. The second-order valence-electron chi connectivity index (χ2n) is 7.45. The van der Waals surface area contributed by atoms with Gasteiger partial charge in [-0.05, 0) is 32.6 Å². The van der Waals surface area contributed by atoms with E-state index in [1.165, 1.54) is 0 Å². The molecule has 1 N–H and O–H groups in total. The molecule has 0 amide bonds. The molecular weight excluding hydrogens is 348 g/mol. The molecule has 0 unspecified atom stereocenters. The normalized spacial score (nSPS) is 38.8. The van der Waals surface area contributed by atoms with Crippen LogP contribution in [0.15, 0.2) is 12.2 Å². The number of rotatable bonds is 6. The number of allylic oxidation sites excluding steroid dienone is 1. The lowest BCUT2D eigenvalue weighted by Crippen LogP contribution is -2.70. The largest absolute Gasteiger partial charge is 0.457 e. The summed E-state index contributed by atoms with van der Waals surface area (Å²) < 4.78 is 32.3. The lowest BCUT2D eigenvalue weighted by atomic mass is 9.60. The second-order valence-corrected chi connectivity index (χ2v) is 9.09. The van der Waals surface area contributed by atoms with Crippen molar-refractivity contribution in [3.8, 4) is 0 Å². The minimum absolute atomic E-state index is 0.0720. The van der Waals surface area contributed by atoms with Crippen molar-refractivity contribution >= 4 is 21.9 Å². The molecule has 1 saturated carbocycles. The lowest BCUT2D eigenvalue weighted by molar-refractivity contribution is -0.263. The average Bonchev–Trinajstić information content (AvgIpc) is 2.71. The van der Waals surface area contributed by atoms with Gasteiger partial charge in [0.1, 0.15) is 16.8 Å². The standard InChI is InChI=1S/C17H24O7S/c1-16-12(8-9-23-25(2,21)22)13(18)10-17(16,15(20)24-16)14(19)11-6-4-3-5-7-11/h4,6,11-12,14,19H,3,5,7-10H2,1-2H3/t11-,12+,14+,16+,17-/m1/s1. The second kappa shape index (κ2) is 6.17. The third-order valence-corrected chi connectivity index (χ3v) is 6.56. The predicted molar refractivity (Wildman–Crippen MR) is 87.9 cm³/mol. The minimum Gasteiger partial charge on any atom is -0.457 e. The highest BCUT2D eigenvalue weighted by atomic mass is 32.2. The summed E-state index contributed by atoms with van der Waals surface area (Å²) in [5, 5.41) is 10.9. The number of carbonyl (C=O) groups is 2. The Morgan fingerprint density at radius 1 is 1.44 bits per heavy atom. The Bertz CT molecular complexity index is 713. The van der Waals surface area contributed by atoms with E-state index in [1.54, 1.807) is 6.92 Å². The molecule has 1 aliphatic heterocycles. The number of aliphatic hydroxyl groups is 1. The van der Waals surface area contributed by atoms with E-state index < -0.39 is 39.1 Å². The van der Waals surface area contributed by atoms with Crippen LogP contribution < -0.4 is 0 Å². The Balaban J connectivity index is 1.82. The molecule has 3 aliphatic rings. The SMILES string of the molecule is C[C@@]12OC(=O)[C@]1([C@@H](O)[C@@H]1C=CCCC1)CC(=O)[C@@H]2CCOS(C)(=O)=O. The number of ether oxygens (including phenoxy) is 1. The predicted octanol–water partition coefficient (Wildman–Crippen LogP) is 0.961. The van der Waals surface area contributed by atoms with Crippen molar-refractivity contribution in [2.45, 2.75) is 50.7 Å². The summed E-state index contributed by atoms with van der Waals surface area (Å²) in [6.07, 6.45) is 6.56. The van der Waals surface area contributed by atoms with Gasteiger partial charge >= 0.3 is 5.97 Å². The molecular formula is C17H24O7S. The molecule has 1 saturated heterocycles. The van der Waals surface area contributed by atoms with Gasteiger partial charge in [-0.3, -0.25) is 13.8 Å². The summed E-state index contributed by atoms with van der Waals surface area (Å²) in [6, 6.07) is 0. The maximum absolute atomic E-state index is 12.6. The molecule has 0 spiro atoms. The van der Waals surface area contributed by atoms with Crippen molar-refractivity contribution in [1.82, 2.24) is 0 Å². The van der Waals surface area contributed by atoms with Crippen LogP contribution in [0.4, 0.5) is 0 Å². The van der Waals surface area contributed by atoms with E-state index in [-0.39, 0.29) is 31.1 Å². The van der Waals surface area contributed by atoms with Crippen LogP contribution in [0.3, 0.4) is 0 Å². The quantitative estimate of drug-likeness (QED) is 0.420. The monoisotopic (exact) mass is 372 g/mol. The van der Waals surface area contributed by atoms with Gasteiger partial charge in [-0.15, -0.1) is 0 Å². The zero-order chi connectivity index (χ0) is 18.5. The van der Waals surface area contributed by atoms with Crippen molar-refractivity contribution in [3.63, 3.8) is 0 Å². The lowest BCUT2D eigenvalue weighted by Gasteiger charge is -2.55. The summed E-state index contributed by atoms with van der Waals surface area (Å²) in [7, 11) is -3.60. The summed E-state index contributed by atoms with van der Waals surface area (Å²) in [4.78, 5) is 24.9. The third-order valence-electron chi connectivity index (χ3n) is 5.97. The highest BCUT2D eigenvalue weighted by Crippen LogP contribution is 2.62. The van der Waals surface area contributed by atoms with Gasteiger partial charge in [0.05, 0.1) is 24.9 Å². The molecule has 2 aliphatic carbocycles. The fourth-order valence-corrected chi connectivity index (χ4v) is 5.00. The molecule has 5 atom stereocenters. The van der Waals surface area contributed by atoms with Gasteiger partial charge in [-0.25, -0.2) is 0 Å². The summed E-state index contributed by atoms with van der Waals surface area (Å²) in [6.45, 7) is 1.51. The first-order chi connectivity index (χ1) is 11.6. The number of carbonyl (C=O) groups excluding carboxylic acids is 2. The van der Waals surface area contributed by atoms with E-state index in [0.717, 1.165) is 25.5 Å². The fraction of sp³-hybridized carbons (Fsp3) is 0.765. The summed E-state index contributed by atoms with van der Waals surface area (Å²) in [5.74, 6) is -1.58. The van der Waals surface area contributed by atoms with Crippen molar-refractivity contribution in [2.75, 3.05) is 12.9 Å². The van der Waals surface area contributed by atoms with Crippen LogP contribution in [0.5, 0.6) is 0 Å². The Morgan fingerprint density at radius 2 is 2.16 bits per heavy atom. The van der Waals surface area contributed by atoms with E-state index >= 15 is 0 Å². The third kappa shape index (κ3) is 2.84. The Labute approximate surface area is 147 Å². The first kappa shape index (κ1) is 18.5. The van der Waals surface area contributed by atoms with Crippen molar-refractivity contribution in [1.29, 1.82) is 0 Å². The molecule has 0 bridgehead atoms. The van der Waals surface area contributed by atoms with Crippen LogP contribution in [-0.2, 0) is 28.6 Å². The van der Waals surface area contributed by atoms with E-state index in [0.29, 0.717) is 0 Å². The number of aliphatic hydroxyl groups excluding tert-OH is 1. The van der Waals surface area contributed by atoms with Crippen molar-refractivity contribution < 1.29 is 32.0 Å². The first-order valence-electron chi connectivity index (χ1n) is 8.57. The van der Waals surface area contributed by atoms with Gasteiger partial charge in [-0.2, -0.15) is 8.42 Å². The van der Waals surface area contributed by atoms with Gasteiger partial charge in [0.15, 0.2) is 0 Å². The highest BCUT2D eigenvalue weighted by molar-refractivity contribution is 7.85. The van der Waals surface area contributed by atoms with E-state index in [1.807, 2.05) is 12.2 Å². The maximum atomic E-state index is 12.6. The Kier molecular flexibility index (Phi) is 4.58. The molecule has 0 aromatic rings. The number of esters is 1. The molecule has 3 rings (SSSR count). The van der Waals surface area contributed by atoms with E-state index in [9.17, 15) is 23.1 Å².